The highest BCUT2D eigenvalue weighted by atomic mass is 19.1. The number of nitrogens with one attached hydrogen (secondary N) is 1. The molecule has 0 aliphatic heterocycles. The van der Waals surface area contributed by atoms with Gasteiger partial charge in [-0.15, -0.1) is 0 Å². The lowest BCUT2D eigenvalue weighted by atomic mass is 9.94. The molecule has 4 rings (SSSR count). The van der Waals surface area contributed by atoms with Gasteiger partial charge in [0.15, 0.2) is 12.4 Å². The fourth-order valence-corrected chi connectivity index (χ4v) is 4.38. The molecule has 7 nitrogen and oxygen atoms in total. The summed E-state index contributed by atoms with van der Waals surface area (Å²) < 4.78 is 21.2. The van der Waals surface area contributed by atoms with E-state index >= 15 is 0 Å². The molecule has 1 heterocycles. The number of ketones is 1. The number of ether oxygens (including phenoxy) is 1. The van der Waals surface area contributed by atoms with Gasteiger partial charge in [-0.2, -0.15) is 5.26 Å². The number of aromatic nitrogens is 1. The van der Waals surface area contributed by atoms with Crippen LogP contribution in [0.5, 0.6) is 5.75 Å². The third-order valence-electron chi connectivity index (χ3n) is 6.27. The number of nitrogens with zero attached hydrogens (tertiary/aromatic N) is 2. The number of nitriles is 1. The predicted octanol–water partition coefficient (Wildman–Crippen LogP) is 4.92. The van der Waals surface area contributed by atoms with Gasteiger partial charge in [0.05, 0.1) is 5.56 Å². The molecular weight excluding hydrogens is 461 g/mol. The van der Waals surface area contributed by atoms with Gasteiger partial charge in [-0.3, -0.25) is 14.4 Å². The Kier molecular flexibility index (Phi) is 7.59. The summed E-state index contributed by atoms with van der Waals surface area (Å²) in [6.45, 7) is 1.54. The van der Waals surface area contributed by atoms with Crippen LogP contribution in [-0.4, -0.2) is 22.9 Å². The second kappa shape index (κ2) is 11.0. The lowest BCUT2D eigenvalue weighted by molar-refractivity contribution is -0.118. The van der Waals surface area contributed by atoms with Gasteiger partial charge in [0.1, 0.15) is 23.2 Å². The van der Waals surface area contributed by atoms with E-state index in [0.717, 1.165) is 49.8 Å². The second-order valence-electron chi connectivity index (χ2n) is 8.93. The second-order valence-corrected chi connectivity index (χ2v) is 8.93. The van der Waals surface area contributed by atoms with Crippen molar-refractivity contribution in [3.8, 4) is 11.8 Å². The van der Waals surface area contributed by atoms with Crippen LogP contribution in [0.25, 0.3) is 0 Å². The van der Waals surface area contributed by atoms with E-state index in [1.54, 1.807) is 12.1 Å². The largest absolute Gasteiger partial charge is 0.483 e. The molecule has 184 valence electrons. The number of hydrogen-bond donors (Lipinski definition) is 1. The van der Waals surface area contributed by atoms with Crippen LogP contribution >= 0.6 is 0 Å². The van der Waals surface area contributed by atoms with Crippen LogP contribution in [0.2, 0.25) is 0 Å². The molecule has 1 aliphatic rings. The summed E-state index contributed by atoms with van der Waals surface area (Å²) in [6, 6.07) is 13.7. The van der Waals surface area contributed by atoms with Gasteiger partial charge in [0.25, 0.3) is 11.5 Å². The van der Waals surface area contributed by atoms with E-state index in [-0.39, 0.29) is 28.5 Å². The minimum atomic E-state index is -0.657. The maximum absolute atomic E-state index is 14.1. The summed E-state index contributed by atoms with van der Waals surface area (Å²) in [5.74, 6) is -1.69. The normalized spacial score (nSPS) is 13.6. The minimum absolute atomic E-state index is 0.0226. The van der Waals surface area contributed by atoms with Gasteiger partial charge in [-0.1, -0.05) is 37.0 Å². The fourth-order valence-electron chi connectivity index (χ4n) is 4.38. The molecular formula is C28H26FN3O4. The Morgan fingerprint density at radius 1 is 1.11 bits per heavy atom. The standard InChI is InChI=1S/C28H26FN3O4/c1-18-7-10-22(11-8-18)31-26(33)17-36-25-12-9-21(29)14-24(25)27(34)20-13-19(15-30)28(35)32(16-20)23-5-3-2-4-6-23/h7-14,16,23H,2-6,17H2,1H3,(H,31,33). The topological polar surface area (TPSA) is 101 Å². The maximum atomic E-state index is 14.1. The van der Waals surface area contributed by atoms with E-state index in [9.17, 15) is 24.0 Å². The summed E-state index contributed by atoms with van der Waals surface area (Å²) in [5, 5.41) is 12.2. The van der Waals surface area contributed by atoms with Crippen LogP contribution in [0.15, 0.2) is 59.5 Å². The summed E-state index contributed by atoms with van der Waals surface area (Å²) >= 11 is 0. The zero-order valence-corrected chi connectivity index (χ0v) is 19.9. The molecule has 1 saturated carbocycles. The van der Waals surface area contributed by atoms with Crippen molar-refractivity contribution in [3.63, 3.8) is 0 Å². The molecule has 1 amide bonds. The number of amides is 1. The van der Waals surface area contributed by atoms with Crippen LogP contribution < -0.4 is 15.6 Å². The van der Waals surface area contributed by atoms with Gasteiger partial charge >= 0.3 is 0 Å². The number of rotatable bonds is 7. The lowest BCUT2D eigenvalue weighted by Gasteiger charge is -2.24. The molecule has 1 N–H and O–H groups in total. The Hall–Kier alpha value is -4.25. The highest BCUT2D eigenvalue weighted by Crippen LogP contribution is 2.28. The molecule has 0 atom stereocenters. The minimum Gasteiger partial charge on any atom is -0.483 e. The van der Waals surface area contributed by atoms with Gasteiger partial charge in [0, 0.05) is 23.5 Å². The third-order valence-corrected chi connectivity index (χ3v) is 6.27. The summed E-state index contributed by atoms with van der Waals surface area (Å²) in [4.78, 5) is 38.6. The van der Waals surface area contributed by atoms with Crippen molar-refractivity contribution in [1.82, 2.24) is 4.57 Å². The maximum Gasteiger partial charge on any atom is 0.268 e. The SMILES string of the molecule is Cc1ccc(NC(=O)COc2ccc(F)cc2C(=O)c2cc(C#N)c(=O)n(C3CCCCC3)c2)cc1. The van der Waals surface area contributed by atoms with Crippen LogP contribution in [0.4, 0.5) is 10.1 Å². The third kappa shape index (κ3) is 5.69. The predicted molar refractivity (Wildman–Crippen MR) is 133 cm³/mol. The van der Waals surface area contributed by atoms with Crippen LogP contribution in [0, 0.1) is 24.1 Å². The van der Waals surface area contributed by atoms with Crippen molar-refractivity contribution >= 4 is 17.4 Å². The van der Waals surface area contributed by atoms with Crippen molar-refractivity contribution < 1.29 is 18.7 Å². The smallest absolute Gasteiger partial charge is 0.268 e. The first-order valence-corrected chi connectivity index (χ1v) is 11.9. The molecule has 1 aliphatic carbocycles. The highest BCUT2D eigenvalue weighted by molar-refractivity contribution is 6.10. The van der Waals surface area contributed by atoms with Gasteiger partial charge in [-0.05, 0) is 56.2 Å². The first-order chi connectivity index (χ1) is 17.4. The Labute approximate surface area is 208 Å². The molecule has 2 aromatic carbocycles. The fraction of sp³-hybridized carbons (Fsp3) is 0.286. The molecule has 36 heavy (non-hydrogen) atoms. The number of pyridine rings is 1. The van der Waals surface area contributed by atoms with Crippen molar-refractivity contribution in [3.05, 3.63) is 93.2 Å². The van der Waals surface area contributed by atoms with Crippen molar-refractivity contribution in [1.29, 1.82) is 5.26 Å². The van der Waals surface area contributed by atoms with Crippen LogP contribution in [-0.2, 0) is 4.79 Å². The summed E-state index contributed by atoms with van der Waals surface area (Å²) in [7, 11) is 0. The number of carbonyl (C=O) groups excluding carboxylic acids is 2. The van der Waals surface area contributed by atoms with Gasteiger partial charge < -0.3 is 14.6 Å². The molecule has 8 heteroatoms. The number of hydrogen-bond acceptors (Lipinski definition) is 5. The molecule has 0 bridgehead atoms. The molecule has 0 spiro atoms. The van der Waals surface area contributed by atoms with Gasteiger partial charge in [-0.25, -0.2) is 4.39 Å². The van der Waals surface area contributed by atoms with Crippen LogP contribution in [0.1, 0.15) is 65.2 Å². The van der Waals surface area contributed by atoms with E-state index in [2.05, 4.69) is 5.32 Å². The van der Waals surface area contributed by atoms with Crippen LogP contribution in [0.3, 0.4) is 0 Å². The van der Waals surface area contributed by atoms with Crippen molar-refractivity contribution in [2.45, 2.75) is 45.1 Å². The quantitative estimate of drug-likeness (QED) is 0.477. The van der Waals surface area contributed by atoms with E-state index in [0.29, 0.717) is 5.69 Å². The zero-order valence-electron chi connectivity index (χ0n) is 19.9. The average Bonchev–Trinajstić information content (AvgIpc) is 2.89. The average molecular weight is 488 g/mol. The number of carbonyl (C=O) groups is 2. The van der Waals surface area contributed by atoms with E-state index in [4.69, 9.17) is 4.74 Å². The number of anilines is 1. The zero-order chi connectivity index (χ0) is 25.7. The molecule has 0 radical (unpaired) electrons. The number of benzene rings is 2. The Morgan fingerprint density at radius 3 is 2.53 bits per heavy atom. The van der Waals surface area contributed by atoms with Crippen molar-refractivity contribution in [2.75, 3.05) is 11.9 Å². The molecule has 1 aromatic heterocycles. The highest BCUT2D eigenvalue weighted by Gasteiger charge is 2.23. The molecule has 0 saturated heterocycles. The Balaban J connectivity index is 1.59. The number of halogens is 1. The summed E-state index contributed by atoms with van der Waals surface area (Å²) in [5.41, 5.74) is 1.03. The van der Waals surface area contributed by atoms with Gasteiger partial charge in [0.2, 0.25) is 0 Å². The molecule has 1 fully saturated rings. The van der Waals surface area contributed by atoms with E-state index in [1.165, 1.54) is 22.9 Å². The van der Waals surface area contributed by atoms with E-state index in [1.807, 2.05) is 25.1 Å². The first-order valence-electron chi connectivity index (χ1n) is 11.9. The Morgan fingerprint density at radius 2 is 1.83 bits per heavy atom. The number of aryl methyl sites for hydroxylation is 1. The summed E-state index contributed by atoms with van der Waals surface area (Å²) in [6.07, 6.45) is 6.02. The lowest BCUT2D eigenvalue weighted by Crippen LogP contribution is -2.29. The first kappa shape index (κ1) is 24.9. The molecule has 3 aromatic rings. The Bertz CT molecular complexity index is 1380. The molecule has 0 unspecified atom stereocenters. The van der Waals surface area contributed by atoms with E-state index < -0.39 is 29.7 Å². The monoisotopic (exact) mass is 487 g/mol. The van der Waals surface area contributed by atoms with Crippen molar-refractivity contribution in [2.24, 2.45) is 0 Å².